The maximum absolute atomic E-state index is 13.6. The number of hydrogen-bond donors (Lipinski definition) is 1. The largest absolute Gasteiger partial charge is 0.479 e. The van der Waals surface area contributed by atoms with Gasteiger partial charge in [0.2, 0.25) is 0 Å². The first-order valence-corrected chi connectivity index (χ1v) is 5.01. The molecule has 0 aromatic carbocycles. The molecule has 0 saturated heterocycles. The minimum atomic E-state index is -8.39. The van der Waals surface area contributed by atoms with Crippen LogP contribution in [-0.2, 0) is 4.79 Å². The summed E-state index contributed by atoms with van der Waals surface area (Å²) in [6, 6.07) is 0. The van der Waals surface area contributed by atoms with Crippen LogP contribution in [0.1, 0.15) is 0 Å². The third-order valence-electron chi connectivity index (χ3n) is 2.73. The molecule has 150 valence electrons. The summed E-state index contributed by atoms with van der Waals surface area (Å²) in [5, 5.41) is 7.86. The van der Waals surface area contributed by atoms with Gasteiger partial charge in [-0.15, -0.1) is 0 Å². The monoisotopic (exact) mass is 414 g/mol. The smallest absolute Gasteiger partial charge is 0.460 e. The fourth-order valence-electron chi connectivity index (χ4n) is 1.44. The van der Waals surface area contributed by atoms with Crippen LogP contribution in [0.2, 0.25) is 0 Å². The van der Waals surface area contributed by atoms with E-state index in [1.165, 1.54) is 0 Å². The summed E-state index contributed by atoms with van der Waals surface area (Å²) in [4.78, 5) is 10.2. The summed E-state index contributed by atoms with van der Waals surface area (Å²) in [6.45, 7) is 0. The molecule has 0 aliphatic heterocycles. The van der Waals surface area contributed by atoms with Crippen LogP contribution in [0.15, 0.2) is 0 Å². The molecule has 0 aliphatic carbocycles. The molecule has 0 rings (SSSR count). The SMILES string of the molecule is O=C(O)C(F)(C(F)(F)C(F)(F)C(F)(F)F)C(F)(C(F)(F)F)C(F)(F)F. The van der Waals surface area contributed by atoms with Gasteiger partial charge in [-0.1, -0.05) is 0 Å². The summed E-state index contributed by atoms with van der Waals surface area (Å²) in [5.41, 5.74) is -16.5. The Hall–Kier alpha value is -1.58. The number of carbonyl (C=O) groups is 1. The van der Waals surface area contributed by atoms with E-state index in [1.807, 2.05) is 0 Å². The average Bonchev–Trinajstić information content (AvgIpc) is 2.31. The highest BCUT2D eigenvalue weighted by Gasteiger charge is 2.97. The highest BCUT2D eigenvalue weighted by Crippen LogP contribution is 2.63. The third kappa shape index (κ3) is 2.74. The van der Waals surface area contributed by atoms with Crippen LogP contribution >= 0.6 is 0 Å². The highest BCUT2D eigenvalue weighted by atomic mass is 19.4. The zero-order valence-electron chi connectivity index (χ0n) is 10.5. The predicted octanol–water partition coefficient (Wildman–Crippen LogP) is 4.45. The van der Waals surface area contributed by atoms with E-state index in [-0.39, 0.29) is 0 Å². The first-order chi connectivity index (χ1) is 10.4. The van der Waals surface area contributed by atoms with E-state index < -0.39 is 47.7 Å². The Morgan fingerprint density at radius 2 is 0.800 bits per heavy atom. The maximum Gasteiger partial charge on any atom is 0.460 e. The first-order valence-electron chi connectivity index (χ1n) is 5.01. The van der Waals surface area contributed by atoms with Gasteiger partial charge >= 0.3 is 47.7 Å². The van der Waals surface area contributed by atoms with Crippen LogP contribution in [0.4, 0.5) is 65.9 Å². The molecule has 2 nitrogen and oxygen atoms in total. The maximum atomic E-state index is 13.6. The molecule has 17 heteroatoms. The molecule has 0 saturated carbocycles. The molecule has 0 radical (unpaired) electrons. The number of halogens is 15. The van der Waals surface area contributed by atoms with Crippen molar-refractivity contribution in [2.24, 2.45) is 0 Å². The lowest BCUT2D eigenvalue weighted by molar-refractivity contribution is -0.433. The van der Waals surface area contributed by atoms with Crippen molar-refractivity contribution in [2.45, 2.75) is 41.7 Å². The van der Waals surface area contributed by atoms with E-state index in [0.29, 0.717) is 0 Å². The lowest BCUT2D eigenvalue weighted by atomic mass is 9.77. The third-order valence-corrected chi connectivity index (χ3v) is 2.73. The number of rotatable bonds is 4. The van der Waals surface area contributed by atoms with Crippen molar-refractivity contribution < 1.29 is 75.8 Å². The molecular formula is C8HF15O2. The Morgan fingerprint density at radius 3 is 0.960 bits per heavy atom. The van der Waals surface area contributed by atoms with Crippen LogP contribution in [0.5, 0.6) is 0 Å². The zero-order chi connectivity index (χ0) is 21.1. The van der Waals surface area contributed by atoms with Gasteiger partial charge in [-0.2, -0.15) is 57.1 Å². The quantitative estimate of drug-likeness (QED) is 0.691. The van der Waals surface area contributed by atoms with Crippen molar-refractivity contribution in [3.8, 4) is 0 Å². The van der Waals surface area contributed by atoms with Gasteiger partial charge in [0.1, 0.15) is 0 Å². The Balaban J connectivity index is 7.18. The second-order valence-corrected chi connectivity index (χ2v) is 4.26. The Bertz CT molecular complexity index is 511. The molecule has 0 aromatic heterocycles. The molecule has 0 heterocycles. The molecule has 25 heavy (non-hydrogen) atoms. The van der Waals surface area contributed by atoms with Crippen LogP contribution in [0.25, 0.3) is 0 Å². The number of aliphatic carboxylic acids is 1. The van der Waals surface area contributed by atoms with Gasteiger partial charge in [-0.3, -0.25) is 0 Å². The van der Waals surface area contributed by atoms with Gasteiger partial charge in [0.15, 0.2) is 0 Å². The fraction of sp³-hybridized carbons (Fsp3) is 0.875. The van der Waals surface area contributed by atoms with Crippen molar-refractivity contribution in [1.29, 1.82) is 0 Å². The summed E-state index contributed by atoms with van der Waals surface area (Å²) < 4.78 is 187. The lowest BCUT2D eigenvalue weighted by Gasteiger charge is -2.43. The minimum absolute atomic E-state index is 4.90. The van der Waals surface area contributed by atoms with E-state index in [1.54, 1.807) is 0 Å². The van der Waals surface area contributed by atoms with Crippen LogP contribution in [-0.4, -0.2) is 52.8 Å². The van der Waals surface area contributed by atoms with E-state index in [2.05, 4.69) is 0 Å². The van der Waals surface area contributed by atoms with Gasteiger partial charge < -0.3 is 5.11 Å². The van der Waals surface area contributed by atoms with Crippen molar-refractivity contribution in [2.75, 3.05) is 0 Å². The molecule has 1 N–H and O–H groups in total. The molecular weight excluding hydrogens is 413 g/mol. The molecule has 0 spiro atoms. The Labute approximate surface area is 125 Å². The molecule has 1 atom stereocenters. The van der Waals surface area contributed by atoms with Crippen molar-refractivity contribution in [3.05, 3.63) is 0 Å². The molecule has 0 aromatic rings. The molecule has 0 bridgehead atoms. The zero-order valence-corrected chi connectivity index (χ0v) is 10.5. The van der Waals surface area contributed by atoms with Crippen LogP contribution < -0.4 is 0 Å². The number of hydrogen-bond acceptors (Lipinski definition) is 1. The van der Waals surface area contributed by atoms with Crippen molar-refractivity contribution in [1.82, 2.24) is 0 Å². The number of carboxylic acid groups (broad SMARTS) is 1. The topological polar surface area (TPSA) is 37.3 Å². The predicted molar refractivity (Wildman–Crippen MR) is 43.4 cm³/mol. The van der Waals surface area contributed by atoms with Gasteiger partial charge in [0.25, 0.3) is 0 Å². The minimum Gasteiger partial charge on any atom is -0.479 e. The molecule has 0 fully saturated rings. The summed E-state index contributed by atoms with van der Waals surface area (Å²) in [6.07, 6.45) is -23.8. The normalized spacial score (nSPS) is 18.0. The van der Waals surface area contributed by atoms with E-state index in [0.717, 1.165) is 0 Å². The van der Waals surface area contributed by atoms with Crippen molar-refractivity contribution in [3.63, 3.8) is 0 Å². The van der Waals surface area contributed by atoms with Gasteiger partial charge in [0.05, 0.1) is 0 Å². The number of alkyl halides is 15. The summed E-state index contributed by atoms with van der Waals surface area (Å²) in [5.74, 6) is -21.4. The van der Waals surface area contributed by atoms with Gasteiger partial charge in [-0.05, 0) is 0 Å². The molecule has 0 amide bonds. The van der Waals surface area contributed by atoms with Crippen LogP contribution in [0, 0.1) is 0 Å². The standard InChI is InChI=1S/C8HF15O2/c9-2(1(24)25,3(10,6(15,16)17)7(18,19)20)4(11,12)5(13,14)8(21,22)23/h(H,24,25). The highest BCUT2D eigenvalue weighted by molar-refractivity contribution is 5.82. The molecule has 1 unspecified atom stereocenters. The Kier molecular flexibility index (Phi) is 5.11. The summed E-state index contributed by atoms with van der Waals surface area (Å²) >= 11 is 0. The average molecular weight is 414 g/mol. The van der Waals surface area contributed by atoms with E-state index >= 15 is 0 Å². The van der Waals surface area contributed by atoms with Gasteiger partial charge in [-0.25, -0.2) is 13.6 Å². The number of carboxylic acids is 1. The Morgan fingerprint density at radius 1 is 0.520 bits per heavy atom. The van der Waals surface area contributed by atoms with E-state index in [4.69, 9.17) is 5.11 Å². The first kappa shape index (κ1) is 23.4. The van der Waals surface area contributed by atoms with Crippen molar-refractivity contribution >= 4 is 5.97 Å². The summed E-state index contributed by atoms with van der Waals surface area (Å²) in [7, 11) is 0. The van der Waals surface area contributed by atoms with Crippen LogP contribution in [0.3, 0.4) is 0 Å². The fourth-order valence-corrected chi connectivity index (χ4v) is 1.44. The van der Waals surface area contributed by atoms with Gasteiger partial charge in [0, 0.05) is 0 Å². The second-order valence-electron chi connectivity index (χ2n) is 4.26. The second kappa shape index (κ2) is 5.46. The van der Waals surface area contributed by atoms with E-state index in [9.17, 15) is 70.7 Å². The lowest BCUT2D eigenvalue weighted by Crippen LogP contribution is -2.79. The molecule has 0 aliphatic rings.